The van der Waals surface area contributed by atoms with Gasteiger partial charge in [0.1, 0.15) is 11.1 Å². The van der Waals surface area contributed by atoms with Gasteiger partial charge in [0.2, 0.25) is 0 Å². The van der Waals surface area contributed by atoms with Gasteiger partial charge in [-0.15, -0.1) is 0 Å². The molecule has 124 valence electrons. The first-order valence-electron chi connectivity index (χ1n) is 5.84. The van der Waals surface area contributed by atoms with Gasteiger partial charge >= 0.3 is 0 Å². The van der Waals surface area contributed by atoms with E-state index < -0.39 is 5.17 Å². The summed E-state index contributed by atoms with van der Waals surface area (Å²) >= 11 is 24.2. The maximum absolute atomic E-state index is 7.56. The molecule has 22 heavy (non-hydrogen) atoms. The zero-order chi connectivity index (χ0) is 17.5. The fourth-order valence-electron chi connectivity index (χ4n) is 0.903. The van der Waals surface area contributed by atoms with Crippen LogP contribution in [0.2, 0.25) is 0 Å². The largest absolute Gasteiger partial charge is 0.487 e. The van der Waals surface area contributed by atoms with Crippen LogP contribution >= 0.6 is 59.2 Å². The molecule has 0 aliphatic heterocycles. The number of aliphatic hydroxyl groups is 1. The standard InChI is InChI=1S/C8H10.C4H4Cl3NOS.CH3NOS/c1-2-8-6-4-3-5-7-8;5-2(3(6)7)1-9-4(8)10;2-1(3)4/h3-7H,2H2,1H3;1H2,(H2,8,10);(H3,2,3,4). The molecule has 0 bridgehead atoms. The number of halogens is 3. The van der Waals surface area contributed by atoms with Crippen molar-refractivity contribution in [3.63, 3.8) is 0 Å². The highest BCUT2D eigenvalue weighted by Gasteiger charge is 1.99. The molecule has 1 aromatic carbocycles. The molecule has 1 aromatic rings. The molecule has 0 saturated carbocycles. The number of ether oxygens (including phenoxy) is 1. The fraction of sp³-hybridized carbons (Fsp3) is 0.231. The number of thiocarbonyl (C=S) groups is 2. The Kier molecular flexibility index (Phi) is 16.1. The smallest absolute Gasteiger partial charge is 0.254 e. The summed E-state index contributed by atoms with van der Waals surface area (Å²) in [5.41, 5.74) is 10.8. The highest BCUT2D eigenvalue weighted by Crippen LogP contribution is 2.17. The number of benzene rings is 1. The Morgan fingerprint density at radius 1 is 1.14 bits per heavy atom. The molecular weight excluding hydrogens is 387 g/mol. The fourth-order valence-corrected chi connectivity index (χ4v) is 1.13. The van der Waals surface area contributed by atoms with Crippen LogP contribution in [0, 0.1) is 0 Å². The predicted molar refractivity (Wildman–Crippen MR) is 103 cm³/mol. The monoisotopic (exact) mass is 402 g/mol. The third kappa shape index (κ3) is 19.2. The minimum atomic E-state index is -0.500. The molecule has 0 spiro atoms. The lowest BCUT2D eigenvalue weighted by Gasteiger charge is -2.00. The highest BCUT2D eigenvalue weighted by molar-refractivity contribution is 7.80. The van der Waals surface area contributed by atoms with Crippen molar-refractivity contribution in [1.82, 2.24) is 0 Å². The Morgan fingerprint density at radius 2 is 1.59 bits per heavy atom. The SMILES string of the molecule is CCc1ccccc1.NC(=S)OCC(Cl)=C(Cl)Cl.NC(O)=S. The van der Waals surface area contributed by atoms with E-state index in [9.17, 15) is 0 Å². The Hall–Kier alpha value is -0.790. The second-order valence-corrected chi connectivity index (χ2v) is 5.68. The molecule has 0 fully saturated rings. The molecule has 1 rings (SSSR count). The summed E-state index contributed by atoms with van der Waals surface area (Å²) in [6.07, 6.45) is 1.14. The van der Waals surface area contributed by atoms with Gasteiger partial charge in [-0.2, -0.15) is 0 Å². The normalized spacial score (nSPS) is 8.36. The lowest BCUT2D eigenvalue weighted by Crippen LogP contribution is -2.13. The van der Waals surface area contributed by atoms with Crippen molar-refractivity contribution in [1.29, 1.82) is 0 Å². The third-order valence-electron chi connectivity index (χ3n) is 1.80. The number of hydrogen-bond acceptors (Lipinski definition) is 3. The van der Waals surface area contributed by atoms with Crippen LogP contribution in [0.4, 0.5) is 0 Å². The van der Waals surface area contributed by atoms with E-state index in [-0.39, 0.29) is 21.3 Å². The van der Waals surface area contributed by atoms with Crippen molar-refractivity contribution < 1.29 is 9.84 Å². The lowest BCUT2D eigenvalue weighted by molar-refractivity contribution is 0.351. The Labute approximate surface area is 156 Å². The highest BCUT2D eigenvalue weighted by atomic mass is 35.5. The van der Waals surface area contributed by atoms with Crippen LogP contribution in [-0.4, -0.2) is 22.1 Å². The predicted octanol–water partition coefficient (Wildman–Crippen LogP) is 4.17. The molecule has 0 atom stereocenters. The second-order valence-electron chi connectivity index (χ2n) is 3.45. The maximum atomic E-state index is 7.56. The molecule has 0 saturated heterocycles. The van der Waals surface area contributed by atoms with E-state index in [0.29, 0.717) is 0 Å². The Balaban J connectivity index is 0. The van der Waals surface area contributed by atoms with E-state index in [1.807, 2.05) is 6.07 Å². The van der Waals surface area contributed by atoms with Crippen LogP contribution in [0.3, 0.4) is 0 Å². The van der Waals surface area contributed by atoms with Crippen LogP contribution in [0.5, 0.6) is 0 Å². The van der Waals surface area contributed by atoms with Gasteiger partial charge in [0, 0.05) is 0 Å². The minimum absolute atomic E-state index is 0.0131. The molecule has 0 amide bonds. The van der Waals surface area contributed by atoms with Crippen molar-refractivity contribution in [3.05, 3.63) is 45.4 Å². The summed E-state index contributed by atoms with van der Waals surface area (Å²) in [7, 11) is 0. The van der Waals surface area contributed by atoms with Crippen LogP contribution in [-0.2, 0) is 11.2 Å². The average Bonchev–Trinajstić information content (AvgIpc) is 2.45. The molecule has 0 unspecified atom stereocenters. The van der Waals surface area contributed by atoms with E-state index in [2.05, 4.69) is 66.1 Å². The van der Waals surface area contributed by atoms with Crippen LogP contribution in [0.25, 0.3) is 0 Å². The average molecular weight is 404 g/mol. The van der Waals surface area contributed by atoms with Crippen LogP contribution in [0.15, 0.2) is 39.9 Å². The molecule has 0 aliphatic rings. The van der Waals surface area contributed by atoms with Gasteiger partial charge in [0.15, 0.2) is 0 Å². The molecule has 4 nitrogen and oxygen atoms in total. The second kappa shape index (κ2) is 15.1. The molecule has 9 heteroatoms. The topological polar surface area (TPSA) is 81.5 Å². The molecule has 0 aliphatic carbocycles. The van der Waals surface area contributed by atoms with Gasteiger partial charge in [0.25, 0.3) is 10.3 Å². The summed E-state index contributed by atoms with van der Waals surface area (Å²) in [4.78, 5) is 0. The zero-order valence-corrected chi connectivity index (χ0v) is 15.7. The van der Waals surface area contributed by atoms with Crippen molar-refractivity contribution in [2.75, 3.05) is 6.61 Å². The number of rotatable bonds is 3. The number of aryl methyl sites for hydroxylation is 1. The van der Waals surface area contributed by atoms with Gasteiger partial charge in [-0.3, -0.25) is 0 Å². The van der Waals surface area contributed by atoms with E-state index in [0.717, 1.165) is 6.42 Å². The van der Waals surface area contributed by atoms with Crippen molar-refractivity contribution >= 4 is 69.6 Å². The third-order valence-corrected chi connectivity index (χ3v) is 2.86. The van der Waals surface area contributed by atoms with E-state index in [1.165, 1.54) is 5.56 Å². The number of nitrogens with two attached hydrogens (primary N) is 2. The summed E-state index contributed by atoms with van der Waals surface area (Å²) in [5, 5.41) is 7.15. The van der Waals surface area contributed by atoms with Gasteiger partial charge in [-0.05, 0) is 36.4 Å². The quantitative estimate of drug-likeness (QED) is 0.657. The van der Waals surface area contributed by atoms with Gasteiger partial charge < -0.3 is 21.3 Å². The molecule has 0 aromatic heterocycles. The van der Waals surface area contributed by atoms with Gasteiger partial charge in [0.05, 0.1) is 5.03 Å². The Morgan fingerprint density at radius 3 is 1.86 bits per heavy atom. The molecule has 0 radical (unpaired) electrons. The number of aliphatic hydroxyl groups excluding tert-OH is 1. The van der Waals surface area contributed by atoms with E-state index >= 15 is 0 Å². The zero-order valence-electron chi connectivity index (χ0n) is 11.8. The Bertz CT molecular complexity index is 477. The van der Waals surface area contributed by atoms with Crippen molar-refractivity contribution in [2.24, 2.45) is 11.5 Å². The number of hydrogen-bond donors (Lipinski definition) is 3. The van der Waals surface area contributed by atoms with E-state index in [4.69, 9.17) is 45.6 Å². The van der Waals surface area contributed by atoms with Gasteiger partial charge in [-0.1, -0.05) is 72.1 Å². The minimum Gasteiger partial charge on any atom is -0.487 e. The van der Waals surface area contributed by atoms with Crippen LogP contribution in [0.1, 0.15) is 12.5 Å². The summed E-state index contributed by atoms with van der Waals surface area (Å²) in [6.45, 7) is 2.18. The first kappa shape index (κ1) is 23.5. The lowest BCUT2D eigenvalue weighted by atomic mass is 10.2. The molecule has 5 N–H and O–H groups in total. The molecule has 0 heterocycles. The van der Waals surface area contributed by atoms with Crippen molar-refractivity contribution in [2.45, 2.75) is 13.3 Å². The first-order valence-corrected chi connectivity index (χ1v) is 7.79. The molecular formula is C13H17Cl3N2O2S2. The van der Waals surface area contributed by atoms with E-state index in [1.54, 1.807) is 0 Å². The first-order chi connectivity index (χ1) is 10.2. The van der Waals surface area contributed by atoms with Crippen LogP contribution < -0.4 is 11.5 Å². The van der Waals surface area contributed by atoms with Crippen molar-refractivity contribution in [3.8, 4) is 0 Å². The summed E-state index contributed by atoms with van der Waals surface area (Å²) in [5.74, 6) is 0. The summed E-state index contributed by atoms with van der Waals surface area (Å²) in [6, 6.07) is 10.5. The maximum Gasteiger partial charge on any atom is 0.254 e. The summed E-state index contributed by atoms with van der Waals surface area (Å²) < 4.78 is 4.57. The van der Waals surface area contributed by atoms with Gasteiger partial charge in [-0.25, -0.2) is 0 Å².